The molecule has 3 aromatic carbocycles. The first kappa shape index (κ1) is 18.6. The molecule has 1 aromatic heterocycles. The summed E-state index contributed by atoms with van der Waals surface area (Å²) in [6, 6.07) is 30.2. The predicted molar refractivity (Wildman–Crippen MR) is 122 cm³/mol. The summed E-state index contributed by atoms with van der Waals surface area (Å²) < 4.78 is 0. The average Bonchev–Trinajstić information content (AvgIpc) is 2.86. The average molecular weight is 404 g/mol. The molecule has 5 rings (SSSR count). The van der Waals surface area contributed by atoms with Crippen LogP contribution >= 0.6 is 0 Å². The molecule has 4 aromatic rings. The Balaban J connectivity index is 1.54. The normalized spacial score (nSPS) is 13.5. The number of anilines is 2. The highest BCUT2D eigenvalue weighted by Gasteiger charge is 2.32. The maximum atomic E-state index is 13.2. The van der Waals surface area contributed by atoms with Gasteiger partial charge < -0.3 is 0 Å². The first-order chi connectivity index (χ1) is 15.3. The molecule has 1 radical (unpaired) electrons. The lowest BCUT2D eigenvalue weighted by molar-refractivity contribution is 0.249. The van der Waals surface area contributed by atoms with Crippen LogP contribution in [0.5, 0.6) is 0 Å². The number of rotatable bonds is 4. The van der Waals surface area contributed by atoms with Crippen molar-refractivity contribution in [2.24, 2.45) is 5.10 Å². The minimum Gasteiger partial charge on any atom is -0.265 e. The van der Waals surface area contributed by atoms with E-state index in [0.29, 0.717) is 17.2 Å². The number of urea groups is 1. The Kier molecular flexibility index (Phi) is 4.86. The van der Waals surface area contributed by atoms with E-state index in [1.807, 2.05) is 97.1 Å². The van der Waals surface area contributed by atoms with E-state index < -0.39 is 0 Å². The number of hydrogen-bond donors (Lipinski definition) is 0. The zero-order valence-electron chi connectivity index (χ0n) is 16.5. The molecule has 1 aliphatic heterocycles. The number of amidine groups is 1. The Morgan fingerprint density at radius 1 is 0.548 bits per heavy atom. The van der Waals surface area contributed by atoms with Crippen molar-refractivity contribution in [1.82, 2.24) is 10.4 Å². The molecule has 0 atom stereocenters. The maximum Gasteiger partial charge on any atom is 0.370 e. The first-order valence-corrected chi connectivity index (χ1v) is 9.85. The van der Waals surface area contributed by atoms with Crippen LogP contribution in [0, 0.1) is 0 Å². The molecule has 0 saturated carbocycles. The number of carbonyl (C=O) groups excluding carboxylic acids is 1. The summed E-state index contributed by atoms with van der Waals surface area (Å²) in [7, 11) is 0. The van der Waals surface area contributed by atoms with Gasteiger partial charge in [-0.1, -0.05) is 60.7 Å². The Morgan fingerprint density at radius 2 is 1.06 bits per heavy atom. The lowest BCUT2D eigenvalue weighted by Crippen LogP contribution is -2.52. The number of pyridine rings is 1. The van der Waals surface area contributed by atoms with E-state index in [-0.39, 0.29) is 6.03 Å². The van der Waals surface area contributed by atoms with Crippen molar-refractivity contribution in [3.63, 3.8) is 0 Å². The van der Waals surface area contributed by atoms with Gasteiger partial charge in [0.1, 0.15) is 0 Å². The van der Waals surface area contributed by atoms with Crippen molar-refractivity contribution < 1.29 is 4.79 Å². The molecule has 6 heteroatoms. The van der Waals surface area contributed by atoms with Crippen molar-refractivity contribution in [3.8, 4) is 11.1 Å². The van der Waals surface area contributed by atoms with E-state index >= 15 is 0 Å². The number of amides is 2. The van der Waals surface area contributed by atoms with Crippen molar-refractivity contribution in [2.75, 3.05) is 10.0 Å². The summed E-state index contributed by atoms with van der Waals surface area (Å²) in [6.07, 6.45) is 3.54. The highest BCUT2D eigenvalue weighted by molar-refractivity contribution is 6.12. The Bertz CT molecular complexity index is 1210. The summed E-state index contributed by atoms with van der Waals surface area (Å²) in [5, 5.41) is 7.33. The number of hydrogen-bond acceptors (Lipinski definition) is 3. The highest BCUT2D eigenvalue weighted by Crippen LogP contribution is 2.25. The molecule has 0 fully saturated rings. The van der Waals surface area contributed by atoms with E-state index in [9.17, 15) is 4.79 Å². The molecule has 0 spiro atoms. The molecule has 0 bridgehead atoms. The van der Waals surface area contributed by atoms with Crippen molar-refractivity contribution >= 4 is 23.2 Å². The topological polar surface area (TPSA) is 62.9 Å². The van der Waals surface area contributed by atoms with Gasteiger partial charge in [-0.25, -0.2) is 4.79 Å². The molecule has 1 aliphatic rings. The second-order valence-electron chi connectivity index (χ2n) is 6.91. The van der Waals surface area contributed by atoms with E-state index in [0.717, 1.165) is 16.7 Å². The van der Waals surface area contributed by atoms with Crippen LogP contribution in [0.2, 0.25) is 0 Å². The Hall–Kier alpha value is -4.45. The third kappa shape index (κ3) is 3.74. The summed E-state index contributed by atoms with van der Waals surface area (Å²) in [6.45, 7) is 0. The van der Waals surface area contributed by atoms with Gasteiger partial charge >= 0.3 is 6.03 Å². The fraction of sp³-hybridized carbons (Fsp3) is 0. The highest BCUT2D eigenvalue weighted by atomic mass is 16.2. The molecule has 149 valence electrons. The van der Waals surface area contributed by atoms with Gasteiger partial charge in [0.15, 0.2) is 5.84 Å². The van der Waals surface area contributed by atoms with Crippen LogP contribution in [0.25, 0.3) is 11.1 Å². The smallest absolute Gasteiger partial charge is 0.265 e. The summed E-state index contributed by atoms with van der Waals surface area (Å²) in [5.41, 5.74) is 8.87. The monoisotopic (exact) mass is 404 g/mol. The number of nitrogens with zero attached hydrogens (tertiary/aromatic N) is 5. The number of hydrazone groups is 1. The Labute approximate surface area is 180 Å². The third-order valence-electron chi connectivity index (χ3n) is 4.91. The molecule has 2 heterocycles. The van der Waals surface area contributed by atoms with E-state index in [1.54, 1.807) is 12.4 Å². The molecular weight excluding hydrogens is 386 g/mol. The van der Waals surface area contributed by atoms with Crippen molar-refractivity contribution in [3.05, 3.63) is 115 Å². The van der Waals surface area contributed by atoms with E-state index in [1.165, 1.54) is 10.0 Å². The van der Waals surface area contributed by atoms with Crippen LogP contribution in [0.15, 0.2) is 115 Å². The van der Waals surface area contributed by atoms with Crippen LogP contribution in [0.4, 0.5) is 16.2 Å². The molecule has 6 nitrogen and oxygen atoms in total. The number of benzene rings is 3. The molecule has 31 heavy (non-hydrogen) atoms. The third-order valence-corrected chi connectivity index (χ3v) is 4.91. The fourth-order valence-electron chi connectivity index (χ4n) is 3.33. The van der Waals surface area contributed by atoms with Crippen molar-refractivity contribution in [1.29, 1.82) is 0 Å². The molecule has 2 amide bonds. The number of para-hydroxylation sites is 2. The molecule has 0 saturated heterocycles. The van der Waals surface area contributed by atoms with Crippen LogP contribution < -0.4 is 15.4 Å². The zero-order valence-corrected chi connectivity index (χ0v) is 16.5. The van der Waals surface area contributed by atoms with Gasteiger partial charge in [0.05, 0.1) is 11.4 Å². The predicted octanol–water partition coefficient (Wildman–Crippen LogP) is 5.08. The lowest BCUT2D eigenvalue weighted by Gasteiger charge is -2.31. The van der Waals surface area contributed by atoms with Gasteiger partial charge in [-0.15, -0.1) is 10.5 Å². The maximum absolute atomic E-state index is 13.2. The van der Waals surface area contributed by atoms with Gasteiger partial charge in [0.25, 0.3) is 0 Å². The fourth-order valence-corrected chi connectivity index (χ4v) is 3.33. The standard InChI is InChI=1S/C25H18N5O/c31-25-29(22-7-3-1-4-8-22)27-24(28-30(25)23-9-5-2-6-10-23)21-13-11-19(12-14-21)20-15-17-26-18-16-20/h1-18H. The quantitative estimate of drug-likeness (QED) is 0.476. The number of aromatic nitrogens is 1. The number of carbonyl (C=O) groups is 1. The van der Waals surface area contributed by atoms with Crippen molar-refractivity contribution in [2.45, 2.75) is 0 Å². The van der Waals surface area contributed by atoms with Crippen LogP contribution in [0.3, 0.4) is 0 Å². The van der Waals surface area contributed by atoms with Crippen LogP contribution in [-0.4, -0.2) is 16.9 Å². The first-order valence-electron chi connectivity index (χ1n) is 9.85. The summed E-state index contributed by atoms with van der Waals surface area (Å²) in [4.78, 5) is 17.3. The summed E-state index contributed by atoms with van der Waals surface area (Å²) in [5.74, 6) is 0.452. The molecule has 0 aliphatic carbocycles. The minimum absolute atomic E-state index is 0.338. The van der Waals surface area contributed by atoms with Gasteiger partial charge in [0.2, 0.25) is 0 Å². The molecule has 0 unspecified atom stereocenters. The molecule has 0 N–H and O–H groups in total. The zero-order chi connectivity index (χ0) is 21.0. The van der Waals surface area contributed by atoms with Gasteiger partial charge in [0, 0.05) is 18.0 Å². The van der Waals surface area contributed by atoms with Crippen LogP contribution in [0.1, 0.15) is 5.56 Å². The lowest BCUT2D eigenvalue weighted by atomic mass is 10.0. The van der Waals surface area contributed by atoms with Gasteiger partial charge in [-0.05, 0) is 47.5 Å². The van der Waals surface area contributed by atoms with Gasteiger partial charge in [-0.3, -0.25) is 4.98 Å². The second kappa shape index (κ2) is 8.12. The minimum atomic E-state index is -0.338. The second-order valence-corrected chi connectivity index (χ2v) is 6.91. The van der Waals surface area contributed by atoms with E-state index in [4.69, 9.17) is 0 Å². The van der Waals surface area contributed by atoms with Gasteiger partial charge in [-0.2, -0.15) is 10.0 Å². The molecular formula is C25H18N5O. The summed E-state index contributed by atoms with van der Waals surface area (Å²) >= 11 is 0. The van der Waals surface area contributed by atoms with Crippen LogP contribution in [-0.2, 0) is 0 Å². The largest absolute Gasteiger partial charge is 0.370 e. The van der Waals surface area contributed by atoms with E-state index in [2.05, 4.69) is 15.5 Å². The SMILES string of the molecule is O=C1N(c2ccccc2)[N]C(c2ccc(-c3ccncc3)cc2)=NN1c1ccccc1. The Morgan fingerprint density at radius 3 is 1.68 bits per heavy atom.